The minimum absolute atomic E-state index is 0.00710. The van der Waals surface area contributed by atoms with E-state index in [1.807, 2.05) is 30.9 Å². The van der Waals surface area contributed by atoms with E-state index in [1.165, 1.54) is 0 Å². The molecule has 0 atom stereocenters. The summed E-state index contributed by atoms with van der Waals surface area (Å²) in [6.45, 7) is 5.51. The maximum atomic E-state index is 12.5. The van der Waals surface area contributed by atoms with Crippen LogP contribution in [0.3, 0.4) is 0 Å². The first-order valence-corrected chi connectivity index (χ1v) is 9.00. The molecule has 136 valence electrons. The summed E-state index contributed by atoms with van der Waals surface area (Å²) in [7, 11) is 0. The molecule has 1 fully saturated rings. The number of likely N-dealkylation sites (tertiary alicyclic amines) is 1. The predicted octanol–water partition coefficient (Wildman–Crippen LogP) is 3.96. The Morgan fingerprint density at radius 2 is 1.65 bits per heavy atom. The van der Waals surface area contributed by atoms with Crippen LogP contribution >= 0.6 is 0 Å². The highest BCUT2D eigenvalue weighted by Gasteiger charge is 2.20. The molecule has 5 nitrogen and oxygen atoms in total. The van der Waals surface area contributed by atoms with Crippen molar-refractivity contribution in [1.29, 1.82) is 0 Å². The fourth-order valence-corrected chi connectivity index (χ4v) is 2.99. The van der Waals surface area contributed by atoms with Gasteiger partial charge in [0.15, 0.2) is 0 Å². The van der Waals surface area contributed by atoms with Crippen molar-refractivity contribution in [3.63, 3.8) is 0 Å². The number of ether oxygens (including phenoxy) is 1. The minimum atomic E-state index is -0.237. The van der Waals surface area contributed by atoms with Crippen LogP contribution in [0.15, 0.2) is 48.5 Å². The van der Waals surface area contributed by atoms with Gasteiger partial charge in [0, 0.05) is 29.9 Å². The van der Waals surface area contributed by atoms with E-state index < -0.39 is 0 Å². The number of hydrogen-bond donors (Lipinski definition) is 1. The van der Waals surface area contributed by atoms with Crippen LogP contribution in [0.1, 0.15) is 47.4 Å². The third-order valence-corrected chi connectivity index (χ3v) is 4.25. The van der Waals surface area contributed by atoms with E-state index >= 15 is 0 Å². The van der Waals surface area contributed by atoms with E-state index in [2.05, 4.69) is 5.32 Å². The van der Waals surface area contributed by atoms with E-state index in [4.69, 9.17) is 4.74 Å². The molecule has 1 saturated heterocycles. The van der Waals surface area contributed by atoms with Crippen molar-refractivity contribution in [3.05, 3.63) is 59.7 Å². The molecule has 0 bridgehead atoms. The lowest BCUT2D eigenvalue weighted by molar-refractivity contribution is 0.0793. The molecule has 2 amide bonds. The fourth-order valence-electron chi connectivity index (χ4n) is 2.99. The number of amides is 2. The van der Waals surface area contributed by atoms with Crippen molar-refractivity contribution in [2.75, 3.05) is 18.4 Å². The minimum Gasteiger partial charge on any atom is -0.491 e. The van der Waals surface area contributed by atoms with E-state index in [-0.39, 0.29) is 17.9 Å². The molecule has 26 heavy (non-hydrogen) atoms. The SMILES string of the molecule is CC(C)Oc1ccc(NC(=O)c2cccc(C(=O)N3CCCC3)c2)cc1. The number of benzene rings is 2. The normalized spacial score (nSPS) is 13.7. The van der Waals surface area contributed by atoms with Crippen LogP contribution in [-0.2, 0) is 0 Å². The van der Waals surface area contributed by atoms with Gasteiger partial charge in [0.05, 0.1) is 6.10 Å². The highest BCUT2D eigenvalue weighted by atomic mass is 16.5. The molecular formula is C21H24N2O3. The van der Waals surface area contributed by atoms with Gasteiger partial charge in [-0.15, -0.1) is 0 Å². The number of nitrogens with zero attached hydrogens (tertiary/aromatic N) is 1. The Labute approximate surface area is 154 Å². The summed E-state index contributed by atoms with van der Waals surface area (Å²) in [4.78, 5) is 26.8. The van der Waals surface area contributed by atoms with Gasteiger partial charge in [-0.25, -0.2) is 0 Å². The van der Waals surface area contributed by atoms with Crippen LogP contribution in [0.5, 0.6) is 5.75 Å². The highest BCUT2D eigenvalue weighted by molar-refractivity contribution is 6.06. The zero-order chi connectivity index (χ0) is 18.5. The summed E-state index contributed by atoms with van der Waals surface area (Å²) in [5.41, 5.74) is 1.71. The summed E-state index contributed by atoms with van der Waals surface area (Å²) in [6, 6.07) is 14.1. The van der Waals surface area contributed by atoms with Crippen LogP contribution in [0, 0.1) is 0 Å². The maximum absolute atomic E-state index is 12.5. The zero-order valence-electron chi connectivity index (χ0n) is 15.2. The lowest BCUT2D eigenvalue weighted by Crippen LogP contribution is -2.27. The van der Waals surface area contributed by atoms with Gasteiger partial charge in [0.2, 0.25) is 0 Å². The van der Waals surface area contributed by atoms with Crippen molar-refractivity contribution in [2.45, 2.75) is 32.8 Å². The van der Waals surface area contributed by atoms with Crippen molar-refractivity contribution in [1.82, 2.24) is 4.90 Å². The van der Waals surface area contributed by atoms with Gasteiger partial charge in [-0.1, -0.05) is 6.07 Å². The van der Waals surface area contributed by atoms with Crippen molar-refractivity contribution >= 4 is 17.5 Å². The van der Waals surface area contributed by atoms with Gasteiger partial charge in [-0.05, 0) is 69.2 Å². The third kappa shape index (κ3) is 4.42. The van der Waals surface area contributed by atoms with Gasteiger partial charge in [0.1, 0.15) is 5.75 Å². The maximum Gasteiger partial charge on any atom is 0.255 e. The molecule has 0 unspecified atom stereocenters. The molecule has 0 aliphatic carbocycles. The average Bonchev–Trinajstić information content (AvgIpc) is 3.17. The van der Waals surface area contributed by atoms with Crippen LogP contribution < -0.4 is 10.1 Å². The topological polar surface area (TPSA) is 58.6 Å². The third-order valence-electron chi connectivity index (χ3n) is 4.25. The summed E-state index contributed by atoms with van der Waals surface area (Å²) < 4.78 is 5.59. The van der Waals surface area contributed by atoms with Gasteiger partial charge in [-0.2, -0.15) is 0 Å². The van der Waals surface area contributed by atoms with Crippen LogP contribution in [0.25, 0.3) is 0 Å². The van der Waals surface area contributed by atoms with E-state index in [9.17, 15) is 9.59 Å². The predicted molar refractivity (Wildman–Crippen MR) is 102 cm³/mol. The monoisotopic (exact) mass is 352 g/mol. The second-order valence-electron chi connectivity index (χ2n) is 6.73. The molecule has 1 N–H and O–H groups in total. The summed E-state index contributed by atoms with van der Waals surface area (Å²) >= 11 is 0. The van der Waals surface area contributed by atoms with Gasteiger partial charge < -0.3 is 15.0 Å². The molecule has 1 aliphatic heterocycles. The van der Waals surface area contributed by atoms with Crippen molar-refractivity contribution in [3.8, 4) is 5.75 Å². The fraction of sp³-hybridized carbons (Fsp3) is 0.333. The molecule has 3 rings (SSSR count). The lowest BCUT2D eigenvalue weighted by atomic mass is 10.1. The molecule has 2 aromatic rings. The molecule has 5 heteroatoms. The average molecular weight is 352 g/mol. The standard InChI is InChI=1S/C21H24N2O3/c1-15(2)26-19-10-8-18(9-11-19)22-20(24)16-6-5-7-17(14-16)21(25)23-12-3-4-13-23/h5-11,14-15H,3-4,12-13H2,1-2H3,(H,22,24). The first-order chi connectivity index (χ1) is 12.5. The largest absolute Gasteiger partial charge is 0.491 e. The van der Waals surface area contributed by atoms with Crippen LogP contribution in [-0.4, -0.2) is 35.9 Å². The van der Waals surface area contributed by atoms with Gasteiger partial charge in [0.25, 0.3) is 11.8 Å². The smallest absolute Gasteiger partial charge is 0.255 e. The molecular weight excluding hydrogens is 328 g/mol. The van der Waals surface area contributed by atoms with Crippen molar-refractivity contribution in [2.24, 2.45) is 0 Å². The van der Waals surface area contributed by atoms with Crippen LogP contribution in [0.2, 0.25) is 0 Å². The van der Waals surface area contributed by atoms with Gasteiger partial charge >= 0.3 is 0 Å². The molecule has 0 saturated carbocycles. The Hall–Kier alpha value is -2.82. The Morgan fingerprint density at radius 1 is 1.00 bits per heavy atom. The lowest BCUT2D eigenvalue weighted by Gasteiger charge is -2.15. The first-order valence-electron chi connectivity index (χ1n) is 9.00. The number of anilines is 1. The second-order valence-corrected chi connectivity index (χ2v) is 6.73. The number of rotatable bonds is 5. The summed E-state index contributed by atoms with van der Waals surface area (Å²) in [5.74, 6) is 0.516. The van der Waals surface area contributed by atoms with Crippen molar-refractivity contribution < 1.29 is 14.3 Å². The second kappa shape index (κ2) is 8.04. The number of carbonyl (C=O) groups is 2. The Balaban J connectivity index is 1.68. The number of carbonyl (C=O) groups excluding carboxylic acids is 2. The molecule has 1 aliphatic rings. The Morgan fingerprint density at radius 3 is 2.31 bits per heavy atom. The first kappa shape index (κ1) is 18.0. The quantitative estimate of drug-likeness (QED) is 0.886. The Kier molecular flexibility index (Phi) is 5.56. The molecule has 0 aromatic heterocycles. The summed E-state index contributed by atoms with van der Waals surface area (Å²) in [6.07, 6.45) is 2.19. The number of hydrogen-bond acceptors (Lipinski definition) is 3. The van der Waals surface area contributed by atoms with E-state index in [0.717, 1.165) is 31.7 Å². The molecule has 0 spiro atoms. The molecule has 2 aromatic carbocycles. The van der Waals surface area contributed by atoms with E-state index in [0.29, 0.717) is 16.8 Å². The molecule has 0 radical (unpaired) electrons. The molecule has 1 heterocycles. The van der Waals surface area contributed by atoms with Gasteiger partial charge in [-0.3, -0.25) is 9.59 Å². The highest BCUT2D eigenvalue weighted by Crippen LogP contribution is 2.18. The van der Waals surface area contributed by atoms with E-state index in [1.54, 1.807) is 36.4 Å². The summed E-state index contributed by atoms with van der Waals surface area (Å²) in [5, 5.41) is 2.86. The van der Waals surface area contributed by atoms with Crippen LogP contribution in [0.4, 0.5) is 5.69 Å². The zero-order valence-corrected chi connectivity index (χ0v) is 15.2. The number of nitrogens with one attached hydrogen (secondary N) is 1. The Bertz CT molecular complexity index is 778.